The summed E-state index contributed by atoms with van der Waals surface area (Å²) in [7, 11) is 0. The molecule has 24 heavy (non-hydrogen) atoms. The molecule has 0 fully saturated rings. The number of anilines is 1. The van der Waals surface area contributed by atoms with E-state index in [1.165, 1.54) is 17.2 Å². The van der Waals surface area contributed by atoms with E-state index in [1.807, 2.05) is 17.5 Å². The molecule has 0 saturated heterocycles. The van der Waals surface area contributed by atoms with Gasteiger partial charge in [-0.2, -0.15) is 4.98 Å². The second-order valence-electron chi connectivity index (χ2n) is 4.90. The maximum Gasteiger partial charge on any atom is 0.302 e. The van der Waals surface area contributed by atoms with Crippen molar-refractivity contribution in [3.05, 3.63) is 51.9 Å². The van der Waals surface area contributed by atoms with Gasteiger partial charge in [-0.15, -0.1) is 11.3 Å². The van der Waals surface area contributed by atoms with Crippen LogP contribution in [0.1, 0.15) is 31.6 Å². The smallest absolute Gasteiger partial charge is 0.302 e. The Morgan fingerprint density at radius 2 is 2.17 bits per heavy atom. The van der Waals surface area contributed by atoms with E-state index in [0.29, 0.717) is 12.3 Å². The van der Waals surface area contributed by atoms with Gasteiger partial charge < -0.3 is 14.3 Å². The van der Waals surface area contributed by atoms with E-state index >= 15 is 0 Å². The molecule has 124 valence electrons. The van der Waals surface area contributed by atoms with Crippen LogP contribution in [-0.4, -0.2) is 28.5 Å². The molecule has 3 aromatic rings. The van der Waals surface area contributed by atoms with Crippen LogP contribution >= 0.6 is 11.3 Å². The van der Waals surface area contributed by atoms with Gasteiger partial charge in [0.05, 0.1) is 0 Å². The fourth-order valence-electron chi connectivity index (χ4n) is 1.91. The number of carbonyl (C=O) groups is 2. The first kappa shape index (κ1) is 15.9. The molecule has 0 spiro atoms. The quantitative estimate of drug-likeness (QED) is 0.708. The van der Waals surface area contributed by atoms with Crippen molar-refractivity contribution in [1.29, 1.82) is 0 Å². The van der Waals surface area contributed by atoms with Crippen molar-refractivity contribution < 1.29 is 18.5 Å². The maximum atomic E-state index is 12.0. The van der Waals surface area contributed by atoms with Crippen LogP contribution in [0.25, 0.3) is 0 Å². The van der Waals surface area contributed by atoms with Gasteiger partial charge in [-0.3, -0.25) is 14.9 Å². The number of carbonyl (C=O) groups excluding carboxylic acids is 2. The molecule has 0 bridgehead atoms. The number of thiophene rings is 1. The van der Waals surface area contributed by atoms with E-state index in [-0.39, 0.29) is 23.3 Å². The number of hydrogen-bond donors (Lipinski definition) is 2. The lowest BCUT2D eigenvalue weighted by atomic mass is 10.3. The standard InChI is InChI=1S/C15H14N4O4S/c1-9-7-11(19-23-9)14(21)18-15-17-12(8-22-15)13(20)16-5-4-10-3-2-6-24-10/h2-3,6-8H,4-5H2,1H3,(H,16,20)(H,17,18,21). The Kier molecular flexibility index (Phi) is 4.71. The molecule has 0 saturated carbocycles. The average molecular weight is 346 g/mol. The normalized spacial score (nSPS) is 10.5. The Balaban J connectivity index is 1.52. The first-order chi connectivity index (χ1) is 11.6. The first-order valence-electron chi connectivity index (χ1n) is 7.12. The molecule has 0 unspecified atom stereocenters. The van der Waals surface area contributed by atoms with Crippen molar-refractivity contribution in [2.75, 3.05) is 11.9 Å². The monoisotopic (exact) mass is 346 g/mol. The average Bonchev–Trinajstić information content (AvgIpc) is 3.28. The summed E-state index contributed by atoms with van der Waals surface area (Å²) in [5.74, 6) is -0.384. The van der Waals surface area contributed by atoms with Crippen LogP contribution in [0.4, 0.5) is 6.01 Å². The van der Waals surface area contributed by atoms with Gasteiger partial charge in [-0.1, -0.05) is 11.2 Å². The summed E-state index contributed by atoms with van der Waals surface area (Å²) in [5, 5.41) is 10.7. The second-order valence-corrected chi connectivity index (χ2v) is 5.93. The van der Waals surface area contributed by atoms with Crippen LogP contribution in [0.5, 0.6) is 0 Å². The second kappa shape index (κ2) is 7.09. The van der Waals surface area contributed by atoms with Gasteiger partial charge in [-0.05, 0) is 24.8 Å². The summed E-state index contributed by atoms with van der Waals surface area (Å²) in [6.45, 7) is 2.17. The molecule has 0 aromatic carbocycles. The molecule has 2 amide bonds. The topological polar surface area (TPSA) is 110 Å². The number of nitrogens with zero attached hydrogens (tertiary/aromatic N) is 2. The van der Waals surface area contributed by atoms with Crippen molar-refractivity contribution >= 4 is 29.2 Å². The van der Waals surface area contributed by atoms with Gasteiger partial charge in [0.1, 0.15) is 12.0 Å². The number of nitrogens with one attached hydrogen (secondary N) is 2. The molecule has 2 N–H and O–H groups in total. The van der Waals surface area contributed by atoms with Crippen LogP contribution in [0.15, 0.2) is 38.8 Å². The third-order valence-electron chi connectivity index (χ3n) is 3.05. The van der Waals surface area contributed by atoms with Gasteiger partial charge in [-0.25, -0.2) is 0 Å². The number of aryl methyl sites for hydroxylation is 1. The van der Waals surface area contributed by atoms with E-state index in [4.69, 9.17) is 8.94 Å². The number of hydrogen-bond acceptors (Lipinski definition) is 7. The highest BCUT2D eigenvalue weighted by Gasteiger charge is 2.16. The molecule has 9 heteroatoms. The van der Waals surface area contributed by atoms with Crippen molar-refractivity contribution in [1.82, 2.24) is 15.5 Å². The van der Waals surface area contributed by atoms with E-state index in [0.717, 1.165) is 6.42 Å². The molecular formula is C15H14N4O4S. The third-order valence-corrected chi connectivity index (χ3v) is 3.99. The summed E-state index contributed by atoms with van der Waals surface area (Å²) in [6.07, 6.45) is 1.93. The van der Waals surface area contributed by atoms with Crippen molar-refractivity contribution in [2.24, 2.45) is 0 Å². The van der Waals surface area contributed by atoms with Crippen molar-refractivity contribution in [3.63, 3.8) is 0 Å². The number of rotatable bonds is 6. The summed E-state index contributed by atoms with van der Waals surface area (Å²) < 4.78 is 9.89. The van der Waals surface area contributed by atoms with Gasteiger partial charge in [0, 0.05) is 17.5 Å². The predicted molar refractivity (Wildman–Crippen MR) is 86.1 cm³/mol. The largest absolute Gasteiger partial charge is 0.431 e. The summed E-state index contributed by atoms with van der Waals surface area (Å²) >= 11 is 1.63. The number of aromatic nitrogens is 2. The van der Waals surface area contributed by atoms with E-state index in [1.54, 1.807) is 18.3 Å². The zero-order valence-electron chi connectivity index (χ0n) is 12.7. The molecule has 8 nitrogen and oxygen atoms in total. The van der Waals surface area contributed by atoms with Gasteiger partial charge >= 0.3 is 6.01 Å². The molecule has 0 aliphatic rings. The van der Waals surface area contributed by atoms with E-state index < -0.39 is 5.91 Å². The highest BCUT2D eigenvalue weighted by molar-refractivity contribution is 7.09. The first-order valence-corrected chi connectivity index (χ1v) is 8.00. The fourth-order valence-corrected chi connectivity index (χ4v) is 2.62. The van der Waals surface area contributed by atoms with Crippen LogP contribution in [0.3, 0.4) is 0 Å². The Morgan fingerprint density at radius 1 is 1.29 bits per heavy atom. The zero-order chi connectivity index (χ0) is 16.9. The lowest BCUT2D eigenvalue weighted by Gasteiger charge is -2.00. The highest BCUT2D eigenvalue weighted by atomic mass is 32.1. The third kappa shape index (κ3) is 3.87. The highest BCUT2D eigenvalue weighted by Crippen LogP contribution is 2.11. The Hall–Kier alpha value is -2.94. The molecule has 0 radical (unpaired) electrons. The Bertz CT molecular complexity index is 837. The lowest BCUT2D eigenvalue weighted by molar-refractivity contribution is 0.0947. The fraction of sp³-hybridized carbons (Fsp3) is 0.200. The molecule has 0 aliphatic carbocycles. The van der Waals surface area contributed by atoms with Crippen LogP contribution in [0.2, 0.25) is 0 Å². The van der Waals surface area contributed by atoms with Gasteiger partial charge in [0.25, 0.3) is 11.8 Å². The van der Waals surface area contributed by atoms with Crippen LogP contribution in [-0.2, 0) is 6.42 Å². The van der Waals surface area contributed by atoms with Crippen molar-refractivity contribution in [2.45, 2.75) is 13.3 Å². The zero-order valence-corrected chi connectivity index (χ0v) is 13.6. The molecule has 3 aromatic heterocycles. The molecule has 3 heterocycles. The minimum atomic E-state index is -0.529. The predicted octanol–water partition coefficient (Wildman–Crippen LogP) is 2.26. The molecular weight excluding hydrogens is 332 g/mol. The van der Waals surface area contributed by atoms with E-state index in [9.17, 15) is 9.59 Å². The van der Waals surface area contributed by atoms with Crippen molar-refractivity contribution in [3.8, 4) is 0 Å². The molecule has 3 rings (SSSR count). The molecule has 0 atom stereocenters. The minimum absolute atomic E-state index is 0.0796. The number of oxazole rings is 1. The minimum Gasteiger partial charge on any atom is -0.431 e. The Labute approximate surface area is 140 Å². The Morgan fingerprint density at radius 3 is 2.88 bits per heavy atom. The van der Waals surface area contributed by atoms with Crippen LogP contribution < -0.4 is 10.6 Å². The number of amides is 2. The summed E-state index contributed by atoms with van der Waals surface area (Å²) in [4.78, 5) is 29.0. The SMILES string of the molecule is Cc1cc(C(=O)Nc2nc(C(=O)NCCc3cccs3)co2)no1. The van der Waals surface area contributed by atoms with Gasteiger partial charge in [0.15, 0.2) is 11.4 Å². The van der Waals surface area contributed by atoms with Gasteiger partial charge in [0.2, 0.25) is 0 Å². The summed E-state index contributed by atoms with van der Waals surface area (Å²) in [6, 6.07) is 5.37. The lowest BCUT2D eigenvalue weighted by Crippen LogP contribution is -2.25. The molecule has 0 aliphatic heterocycles. The maximum absolute atomic E-state index is 12.0. The summed E-state index contributed by atoms with van der Waals surface area (Å²) in [5.41, 5.74) is 0.195. The van der Waals surface area contributed by atoms with Crippen LogP contribution in [0, 0.1) is 6.92 Å². The van der Waals surface area contributed by atoms with E-state index in [2.05, 4.69) is 20.8 Å².